The number of benzene rings is 1. The number of aromatic nitrogens is 4. The van der Waals surface area contributed by atoms with Gasteiger partial charge in [-0.15, -0.1) is 10.2 Å². The van der Waals surface area contributed by atoms with E-state index < -0.39 is 5.60 Å². The number of aliphatic hydroxyl groups is 1. The molecule has 19 heavy (non-hydrogen) atoms. The summed E-state index contributed by atoms with van der Waals surface area (Å²) in [5.74, 6) is 0.611. The molecule has 0 aliphatic heterocycles. The van der Waals surface area contributed by atoms with Crippen LogP contribution in [0, 0.1) is 0 Å². The summed E-state index contributed by atoms with van der Waals surface area (Å²) < 4.78 is 0. The van der Waals surface area contributed by atoms with Crippen molar-refractivity contribution >= 4 is 0 Å². The van der Waals surface area contributed by atoms with Gasteiger partial charge in [0, 0.05) is 5.56 Å². The fourth-order valence-electron chi connectivity index (χ4n) is 2.64. The van der Waals surface area contributed by atoms with Crippen molar-refractivity contribution in [2.75, 3.05) is 0 Å². The van der Waals surface area contributed by atoms with Gasteiger partial charge in [-0.1, -0.05) is 49.6 Å². The molecule has 0 amide bonds. The molecule has 5 nitrogen and oxygen atoms in total. The number of hydrogen-bond acceptors (Lipinski definition) is 4. The Balaban J connectivity index is 1.75. The fourth-order valence-corrected chi connectivity index (χ4v) is 2.64. The predicted octanol–water partition coefficient (Wildman–Crippen LogP) is 2.04. The SMILES string of the molecule is OC1(Cn2nnc(-c3ccccc3)n2)CCCCC1. The van der Waals surface area contributed by atoms with E-state index in [0.717, 1.165) is 31.2 Å². The van der Waals surface area contributed by atoms with Gasteiger partial charge in [0.05, 0.1) is 12.1 Å². The van der Waals surface area contributed by atoms with E-state index >= 15 is 0 Å². The second-order valence-electron chi connectivity index (χ2n) is 5.29. The first-order valence-electron chi connectivity index (χ1n) is 6.81. The lowest BCUT2D eigenvalue weighted by molar-refractivity contribution is -0.0179. The summed E-state index contributed by atoms with van der Waals surface area (Å²) in [6.45, 7) is 0.437. The molecule has 1 aliphatic rings. The van der Waals surface area contributed by atoms with Crippen LogP contribution in [0.4, 0.5) is 0 Å². The molecular weight excluding hydrogens is 240 g/mol. The number of nitrogens with zero attached hydrogens (tertiary/aromatic N) is 4. The lowest BCUT2D eigenvalue weighted by atomic mass is 9.85. The van der Waals surface area contributed by atoms with Gasteiger partial charge in [-0.2, -0.15) is 4.80 Å². The van der Waals surface area contributed by atoms with Crippen molar-refractivity contribution in [1.82, 2.24) is 20.2 Å². The van der Waals surface area contributed by atoms with Crippen LogP contribution in [0.25, 0.3) is 11.4 Å². The minimum Gasteiger partial charge on any atom is -0.388 e. The average molecular weight is 258 g/mol. The van der Waals surface area contributed by atoms with Gasteiger partial charge in [-0.3, -0.25) is 0 Å². The van der Waals surface area contributed by atoms with Crippen LogP contribution in [0.2, 0.25) is 0 Å². The molecule has 1 heterocycles. The van der Waals surface area contributed by atoms with Gasteiger partial charge in [0.2, 0.25) is 5.82 Å². The molecule has 3 rings (SSSR count). The highest BCUT2D eigenvalue weighted by Crippen LogP contribution is 2.29. The van der Waals surface area contributed by atoms with E-state index in [1.807, 2.05) is 30.3 Å². The van der Waals surface area contributed by atoms with Gasteiger partial charge < -0.3 is 5.11 Å². The first kappa shape index (κ1) is 12.3. The molecule has 0 saturated heterocycles. The zero-order chi connectivity index (χ0) is 13.1. The Morgan fingerprint density at radius 2 is 1.84 bits per heavy atom. The van der Waals surface area contributed by atoms with Gasteiger partial charge in [0.25, 0.3) is 0 Å². The van der Waals surface area contributed by atoms with Gasteiger partial charge in [-0.25, -0.2) is 0 Å². The molecule has 5 heteroatoms. The highest BCUT2D eigenvalue weighted by Gasteiger charge is 2.30. The number of rotatable bonds is 3. The van der Waals surface area contributed by atoms with E-state index in [0.29, 0.717) is 12.4 Å². The maximum Gasteiger partial charge on any atom is 0.204 e. The molecule has 1 N–H and O–H groups in total. The van der Waals surface area contributed by atoms with Gasteiger partial charge in [-0.05, 0) is 18.1 Å². The third kappa shape index (κ3) is 2.81. The summed E-state index contributed by atoms with van der Waals surface area (Å²) in [5.41, 5.74) is 0.289. The van der Waals surface area contributed by atoms with Gasteiger partial charge in [0.15, 0.2) is 0 Å². The highest BCUT2D eigenvalue weighted by molar-refractivity contribution is 5.52. The van der Waals surface area contributed by atoms with Crippen molar-refractivity contribution in [3.63, 3.8) is 0 Å². The fraction of sp³-hybridized carbons (Fsp3) is 0.500. The van der Waals surface area contributed by atoms with Crippen LogP contribution in [0.5, 0.6) is 0 Å². The molecule has 1 saturated carbocycles. The molecule has 0 unspecified atom stereocenters. The third-order valence-corrected chi connectivity index (χ3v) is 3.70. The van der Waals surface area contributed by atoms with E-state index in [1.165, 1.54) is 11.2 Å². The molecule has 1 aromatic carbocycles. The average Bonchev–Trinajstić information content (AvgIpc) is 2.88. The zero-order valence-electron chi connectivity index (χ0n) is 10.9. The first-order valence-corrected chi connectivity index (χ1v) is 6.81. The quantitative estimate of drug-likeness (QED) is 0.915. The Bertz CT molecular complexity index is 531. The first-order chi connectivity index (χ1) is 9.25. The van der Waals surface area contributed by atoms with Crippen LogP contribution >= 0.6 is 0 Å². The van der Waals surface area contributed by atoms with Crippen molar-refractivity contribution in [3.05, 3.63) is 30.3 Å². The standard InChI is InChI=1S/C14H18N4O/c19-14(9-5-2-6-10-14)11-18-16-13(15-17-18)12-7-3-1-4-8-12/h1,3-4,7-8,19H,2,5-6,9-11H2. The maximum absolute atomic E-state index is 10.5. The summed E-state index contributed by atoms with van der Waals surface area (Å²) in [6.07, 6.45) is 5.03. The van der Waals surface area contributed by atoms with Crippen LogP contribution in [0.1, 0.15) is 32.1 Å². The van der Waals surface area contributed by atoms with E-state index in [4.69, 9.17) is 0 Å². The van der Waals surface area contributed by atoms with E-state index in [-0.39, 0.29) is 0 Å². The van der Waals surface area contributed by atoms with Crippen LogP contribution < -0.4 is 0 Å². The van der Waals surface area contributed by atoms with Gasteiger partial charge in [0.1, 0.15) is 0 Å². The van der Waals surface area contributed by atoms with Crippen molar-refractivity contribution in [2.45, 2.75) is 44.2 Å². The predicted molar refractivity (Wildman–Crippen MR) is 71.3 cm³/mol. The third-order valence-electron chi connectivity index (χ3n) is 3.70. The molecule has 1 fully saturated rings. The lowest BCUT2D eigenvalue weighted by Gasteiger charge is -2.30. The molecule has 0 spiro atoms. The second kappa shape index (κ2) is 5.09. The van der Waals surface area contributed by atoms with Crippen LogP contribution in [-0.4, -0.2) is 30.9 Å². The molecule has 1 aromatic heterocycles. The van der Waals surface area contributed by atoms with Crippen LogP contribution in [-0.2, 0) is 6.54 Å². The van der Waals surface area contributed by atoms with Crippen molar-refractivity contribution in [1.29, 1.82) is 0 Å². The zero-order valence-corrected chi connectivity index (χ0v) is 10.9. The Labute approximate surface area is 112 Å². The van der Waals surface area contributed by atoms with E-state index in [1.54, 1.807) is 0 Å². The Morgan fingerprint density at radius 1 is 1.11 bits per heavy atom. The Hall–Kier alpha value is -1.75. The molecule has 0 bridgehead atoms. The molecule has 2 aromatic rings. The molecular formula is C14H18N4O. The van der Waals surface area contributed by atoms with Crippen molar-refractivity contribution in [2.24, 2.45) is 0 Å². The molecule has 100 valence electrons. The van der Waals surface area contributed by atoms with Crippen molar-refractivity contribution < 1.29 is 5.11 Å². The van der Waals surface area contributed by atoms with E-state index in [2.05, 4.69) is 15.4 Å². The van der Waals surface area contributed by atoms with Crippen LogP contribution in [0.15, 0.2) is 30.3 Å². The van der Waals surface area contributed by atoms with Gasteiger partial charge >= 0.3 is 0 Å². The molecule has 0 atom stereocenters. The normalized spacial score (nSPS) is 18.4. The Kier molecular flexibility index (Phi) is 3.29. The highest BCUT2D eigenvalue weighted by atomic mass is 16.3. The summed E-state index contributed by atoms with van der Waals surface area (Å²) >= 11 is 0. The van der Waals surface area contributed by atoms with Crippen molar-refractivity contribution in [3.8, 4) is 11.4 Å². The largest absolute Gasteiger partial charge is 0.388 e. The lowest BCUT2D eigenvalue weighted by Crippen LogP contribution is -2.37. The monoisotopic (exact) mass is 258 g/mol. The minimum absolute atomic E-state index is 0.437. The summed E-state index contributed by atoms with van der Waals surface area (Å²) in [7, 11) is 0. The minimum atomic E-state index is -0.660. The molecule has 0 radical (unpaired) electrons. The summed E-state index contributed by atoms with van der Waals surface area (Å²) in [4.78, 5) is 1.52. The van der Waals surface area contributed by atoms with E-state index in [9.17, 15) is 5.11 Å². The number of hydrogen-bond donors (Lipinski definition) is 1. The number of tetrazole rings is 1. The molecule has 1 aliphatic carbocycles. The second-order valence-corrected chi connectivity index (χ2v) is 5.29. The smallest absolute Gasteiger partial charge is 0.204 e. The summed E-state index contributed by atoms with van der Waals surface area (Å²) in [6, 6.07) is 9.77. The topological polar surface area (TPSA) is 63.8 Å². The Morgan fingerprint density at radius 3 is 2.58 bits per heavy atom. The van der Waals surface area contributed by atoms with Crippen LogP contribution in [0.3, 0.4) is 0 Å². The summed E-state index contributed by atoms with van der Waals surface area (Å²) in [5, 5.41) is 22.9. The maximum atomic E-state index is 10.5.